The number of carbonyl (C=O) groups is 1. The molecule has 0 unspecified atom stereocenters. The molecular weight excluding hydrogens is 396 g/mol. The maximum Gasteiger partial charge on any atom is 0.253 e. The third-order valence-corrected chi connectivity index (χ3v) is 5.10. The van der Waals surface area contributed by atoms with Crippen LogP contribution in [0.2, 0.25) is 0 Å². The second-order valence-electron chi connectivity index (χ2n) is 7.15. The smallest absolute Gasteiger partial charge is 0.253 e. The molecule has 0 saturated heterocycles. The van der Waals surface area contributed by atoms with Gasteiger partial charge in [-0.2, -0.15) is 0 Å². The second kappa shape index (κ2) is 8.92. The van der Waals surface area contributed by atoms with Crippen LogP contribution in [0.4, 0.5) is 8.78 Å². The van der Waals surface area contributed by atoms with Crippen LogP contribution in [-0.4, -0.2) is 22.0 Å². The number of aromatic nitrogens is 2. The number of benzene rings is 2. The fourth-order valence-corrected chi connectivity index (χ4v) is 3.58. The molecule has 6 heteroatoms. The van der Waals surface area contributed by atoms with E-state index in [1.807, 2.05) is 48.5 Å². The van der Waals surface area contributed by atoms with E-state index in [9.17, 15) is 13.6 Å². The highest BCUT2D eigenvalue weighted by Gasteiger charge is 2.21. The predicted molar refractivity (Wildman–Crippen MR) is 116 cm³/mol. The molecule has 0 saturated carbocycles. The van der Waals surface area contributed by atoms with Crippen molar-refractivity contribution in [2.45, 2.75) is 13.3 Å². The van der Waals surface area contributed by atoms with E-state index < -0.39 is 11.6 Å². The van der Waals surface area contributed by atoms with Crippen molar-refractivity contribution in [3.05, 3.63) is 108 Å². The Labute approximate surface area is 179 Å². The van der Waals surface area contributed by atoms with Gasteiger partial charge in [0.15, 0.2) is 0 Å². The lowest BCUT2D eigenvalue weighted by Crippen LogP contribution is -2.26. The lowest BCUT2D eigenvalue weighted by Gasteiger charge is -2.13. The SMILES string of the molecule is Cc1c(C(=O)NCCc2ccccn2)cc(-c2ccccc2)n1-c1ccc(F)cc1F. The molecule has 0 bridgehead atoms. The van der Waals surface area contributed by atoms with Crippen LogP contribution in [0.3, 0.4) is 0 Å². The number of carbonyl (C=O) groups excluding carboxylic acids is 1. The van der Waals surface area contributed by atoms with Gasteiger partial charge in [-0.05, 0) is 42.8 Å². The molecular formula is C25H21F2N3O. The van der Waals surface area contributed by atoms with Crippen molar-refractivity contribution in [2.75, 3.05) is 6.54 Å². The molecule has 4 rings (SSSR count). The minimum Gasteiger partial charge on any atom is -0.352 e. The molecule has 0 aliphatic rings. The fourth-order valence-electron chi connectivity index (χ4n) is 3.58. The van der Waals surface area contributed by atoms with Crippen molar-refractivity contribution in [2.24, 2.45) is 0 Å². The number of hydrogen-bond acceptors (Lipinski definition) is 2. The quantitative estimate of drug-likeness (QED) is 0.475. The maximum atomic E-state index is 14.6. The van der Waals surface area contributed by atoms with E-state index >= 15 is 0 Å². The van der Waals surface area contributed by atoms with Crippen LogP contribution in [0.25, 0.3) is 16.9 Å². The Morgan fingerprint density at radius 3 is 2.48 bits per heavy atom. The van der Waals surface area contributed by atoms with Gasteiger partial charge in [-0.3, -0.25) is 9.78 Å². The van der Waals surface area contributed by atoms with E-state index in [0.717, 1.165) is 17.3 Å². The van der Waals surface area contributed by atoms with Gasteiger partial charge >= 0.3 is 0 Å². The van der Waals surface area contributed by atoms with Crippen molar-refractivity contribution in [3.63, 3.8) is 0 Å². The summed E-state index contributed by atoms with van der Waals surface area (Å²) in [4.78, 5) is 17.2. The van der Waals surface area contributed by atoms with Crippen LogP contribution in [-0.2, 0) is 6.42 Å². The summed E-state index contributed by atoms with van der Waals surface area (Å²) in [6.07, 6.45) is 2.31. The Kier molecular flexibility index (Phi) is 5.89. The van der Waals surface area contributed by atoms with Crippen LogP contribution < -0.4 is 5.32 Å². The van der Waals surface area contributed by atoms with E-state index in [1.54, 1.807) is 23.8 Å². The highest BCUT2D eigenvalue weighted by molar-refractivity contribution is 5.97. The Morgan fingerprint density at radius 2 is 1.77 bits per heavy atom. The molecule has 2 aromatic carbocycles. The van der Waals surface area contributed by atoms with Gasteiger partial charge in [-0.25, -0.2) is 8.78 Å². The van der Waals surface area contributed by atoms with E-state index in [2.05, 4.69) is 10.3 Å². The Bertz CT molecular complexity index is 1200. The first-order valence-corrected chi connectivity index (χ1v) is 9.96. The van der Waals surface area contributed by atoms with Crippen LogP contribution in [0.15, 0.2) is 79.0 Å². The minimum absolute atomic E-state index is 0.185. The van der Waals surface area contributed by atoms with Crippen molar-refractivity contribution >= 4 is 5.91 Å². The number of halogens is 2. The van der Waals surface area contributed by atoms with Crippen molar-refractivity contribution in [1.29, 1.82) is 0 Å². The lowest BCUT2D eigenvalue weighted by atomic mass is 10.1. The van der Waals surface area contributed by atoms with E-state index in [4.69, 9.17) is 0 Å². The Morgan fingerprint density at radius 1 is 1.00 bits per heavy atom. The van der Waals surface area contributed by atoms with E-state index in [0.29, 0.717) is 29.9 Å². The summed E-state index contributed by atoms with van der Waals surface area (Å²) in [5.74, 6) is -1.61. The van der Waals surface area contributed by atoms with Crippen LogP contribution >= 0.6 is 0 Å². The van der Waals surface area contributed by atoms with Gasteiger partial charge in [0.2, 0.25) is 0 Å². The number of rotatable bonds is 6. The van der Waals surface area contributed by atoms with Gasteiger partial charge in [0.1, 0.15) is 11.6 Å². The molecule has 0 fully saturated rings. The topological polar surface area (TPSA) is 46.9 Å². The molecule has 4 nitrogen and oxygen atoms in total. The highest BCUT2D eigenvalue weighted by Crippen LogP contribution is 2.30. The second-order valence-corrected chi connectivity index (χ2v) is 7.15. The normalized spacial score (nSPS) is 10.8. The summed E-state index contributed by atoms with van der Waals surface area (Å²) in [7, 11) is 0. The fraction of sp³-hybridized carbons (Fsp3) is 0.120. The van der Waals surface area contributed by atoms with Gasteiger partial charge in [-0.15, -0.1) is 0 Å². The van der Waals surface area contributed by atoms with Crippen molar-refractivity contribution in [3.8, 4) is 16.9 Å². The summed E-state index contributed by atoms with van der Waals surface area (Å²) < 4.78 is 29.8. The highest BCUT2D eigenvalue weighted by atomic mass is 19.1. The molecule has 1 N–H and O–H groups in total. The maximum absolute atomic E-state index is 14.6. The number of amides is 1. The van der Waals surface area contributed by atoms with Crippen LogP contribution in [0, 0.1) is 18.6 Å². The van der Waals surface area contributed by atoms with Gasteiger partial charge in [-0.1, -0.05) is 36.4 Å². The zero-order valence-corrected chi connectivity index (χ0v) is 17.0. The van der Waals surface area contributed by atoms with Gasteiger partial charge in [0.05, 0.1) is 16.9 Å². The van der Waals surface area contributed by atoms with Crippen LogP contribution in [0.5, 0.6) is 0 Å². The minimum atomic E-state index is -0.696. The van der Waals surface area contributed by atoms with Crippen LogP contribution in [0.1, 0.15) is 21.7 Å². The average molecular weight is 417 g/mol. The molecule has 31 heavy (non-hydrogen) atoms. The largest absolute Gasteiger partial charge is 0.352 e. The van der Waals surface area contributed by atoms with E-state index in [1.165, 1.54) is 12.1 Å². The molecule has 4 aromatic rings. The van der Waals surface area contributed by atoms with Gasteiger partial charge in [0.25, 0.3) is 5.91 Å². The zero-order chi connectivity index (χ0) is 21.8. The molecule has 1 amide bonds. The standard InChI is InChI=1S/C25H21F2N3O/c1-17-21(25(31)29-14-12-20-9-5-6-13-28-20)16-24(18-7-3-2-4-8-18)30(17)23-11-10-19(26)15-22(23)27/h2-11,13,15-16H,12,14H2,1H3,(H,29,31). The third-order valence-electron chi connectivity index (χ3n) is 5.10. The summed E-state index contributed by atoms with van der Waals surface area (Å²) in [6, 6.07) is 20.2. The van der Waals surface area contributed by atoms with Gasteiger partial charge in [0, 0.05) is 36.6 Å². The number of nitrogens with zero attached hydrogens (tertiary/aromatic N) is 2. The third kappa shape index (κ3) is 4.38. The summed E-state index contributed by atoms with van der Waals surface area (Å²) in [6.45, 7) is 2.18. The molecule has 0 aliphatic heterocycles. The molecule has 2 aromatic heterocycles. The first-order chi connectivity index (χ1) is 15.0. The molecule has 0 aliphatic carbocycles. The van der Waals surface area contributed by atoms with Gasteiger partial charge < -0.3 is 9.88 Å². The Balaban J connectivity index is 1.69. The predicted octanol–water partition coefficient (Wildman–Crippen LogP) is 5.10. The monoisotopic (exact) mass is 417 g/mol. The number of pyridine rings is 1. The lowest BCUT2D eigenvalue weighted by molar-refractivity contribution is 0.0953. The summed E-state index contributed by atoms with van der Waals surface area (Å²) in [5, 5.41) is 2.91. The molecule has 0 spiro atoms. The summed E-state index contributed by atoms with van der Waals surface area (Å²) in [5.41, 5.74) is 3.55. The molecule has 0 atom stereocenters. The summed E-state index contributed by atoms with van der Waals surface area (Å²) >= 11 is 0. The zero-order valence-electron chi connectivity index (χ0n) is 17.0. The molecule has 0 radical (unpaired) electrons. The van der Waals surface area contributed by atoms with E-state index in [-0.39, 0.29) is 11.6 Å². The van der Waals surface area contributed by atoms with Crippen molar-refractivity contribution in [1.82, 2.24) is 14.9 Å². The molecule has 156 valence electrons. The average Bonchev–Trinajstić information content (AvgIpc) is 3.12. The van der Waals surface area contributed by atoms with Crippen molar-refractivity contribution < 1.29 is 13.6 Å². The molecule has 2 heterocycles. The first kappa shape index (κ1) is 20.5. The number of nitrogens with one attached hydrogen (secondary N) is 1. The first-order valence-electron chi connectivity index (χ1n) is 9.96. The Hall–Kier alpha value is -3.80. The number of hydrogen-bond donors (Lipinski definition) is 1.